The molecule has 2 heterocycles. The minimum Gasteiger partial charge on any atom is -0.396 e. The number of aryl methyl sites for hydroxylation is 3. The number of benzene rings is 2. The standard InChI is InChI=1S/C26H25N3O2/c1-4-18-10-12-19(13-11-18)25(30)24-23(27)22(21-7-5-6-14-29(21)24)26(31)28-20-15-16(2)8-9-17(20)3/h5-15H,4,27H2,1-3H3,(H,28,31). The molecule has 2 aromatic heterocycles. The molecule has 0 aliphatic carbocycles. The molecule has 0 atom stereocenters. The molecule has 5 nitrogen and oxygen atoms in total. The van der Waals surface area contributed by atoms with Gasteiger partial charge in [-0.2, -0.15) is 0 Å². The minimum absolute atomic E-state index is 0.179. The fourth-order valence-electron chi connectivity index (χ4n) is 3.78. The van der Waals surface area contributed by atoms with Gasteiger partial charge in [0.05, 0.1) is 16.8 Å². The number of nitrogen functional groups attached to an aromatic ring is 1. The minimum atomic E-state index is -0.338. The predicted octanol–water partition coefficient (Wildman–Crippen LogP) is 5.18. The van der Waals surface area contributed by atoms with E-state index in [2.05, 4.69) is 12.2 Å². The SMILES string of the molecule is CCc1ccc(C(=O)c2c(N)c(C(=O)Nc3cc(C)ccc3C)c3ccccn23)cc1. The van der Waals surface area contributed by atoms with E-state index >= 15 is 0 Å². The highest BCUT2D eigenvalue weighted by Crippen LogP contribution is 2.30. The number of nitrogens with two attached hydrogens (primary N) is 1. The van der Waals surface area contributed by atoms with Crippen molar-refractivity contribution in [3.63, 3.8) is 0 Å². The molecule has 0 bridgehead atoms. The van der Waals surface area contributed by atoms with Gasteiger partial charge < -0.3 is 15.5 Å². The molecule has 0 aliphatic heterocycles. The van der Waals surface area contributed by atoms with E-state index in [1.54, 1.807) is 28.8 Å². The smallest absolute Gasteiger partial charge is 0.259 e. The van der Waals surface area contributed by atoms with Gasteiger partial charge in [0.1, 0.15) is 5.69 Å². The van der Waals surface area contributed by atoms with Gasteiger partial charge in [-0.3, -0.25) is 9.59 Å². The zero-order valence-corrected chi connectivity index (χ0v) is 17.9. The first kappa shape index (κ1) is 20.4. The van der Waals surface area contributed by atoms with E-state index in [4.69, 9.17) is 5.73 Å². The third-order valence-corrected chi connectivity index (χ3v) is 5.59. The Morgan fingerprint density at radius 1 is 1.00 bits per heavy atom. The predicted molar refractivity (Wildman–Crippen MR) is 125 cm³/mol. The van der Waals surface area contributed by atoms with E-state index in [0.29, 0.717) is 22.3 Å². The van der Waals surface area contributed by atoms with Crippen LogP contribution in [0.4, 0.5) is 11.4 Å². The first-order valence-electron chi connectivity index (χ1n) is 10.3. The van der Waals surface area contributed by atoms with Crippen molar-refractivity contribution in [2.75, 3.05) is 11.1 Å². The van der Waals surface area contributed by atoms with Crippen LogP contribution in [0.5, 0.6) is 0 Å². The first-order valence-corrected chi connectivity index (χ1v) is 10.3. The number of fused-ring (bicyclic) bond motifs is 1. The van der Waals surface area contributed by atoms with Crippen LogP contribution in [0.2, 0.25) is 0 Å². The second-order valence-corrected chi connectivity index (χ2v) is 7.75. The van der Waals surface area contributed by atoms with E-state index in [0.717, 1.165) is 28.8 Å². The second kappa shape index (κ2) is 8.11. The highest BCUT2D eigenvalue weighted by molar-refractivity contribution is 6.20. The topological polar surface area (TPSA) is 76.6 Å². The van der Waals surface area contributed by atoms with Crippen molar-refractivity contribution in [2.24, 2.45) is 0 Å². The van der Waals surface area contributed by atoms with Crippen LogP contribution in [-0.2, 0) is 6.42 Å². The molecule has 0 aliphatic rings. The molecule has 0 radical (unpaired) electrons. The Morgan fingerprint density at radius 2 is 1.74 bits per heavy atom. The molecular weight excluding hydrogens is 386 g/mol. The van der Waals surface area contributed by atoms with Crippen molar-refractivity contribution < 1.29 is 9.59 Å². The Kier molecular flexibility index (Phi) is 5.34. The molecular formula is C26H25N3O2. The maximum atomic E-state index is 13.3. The van der Waals surface area contributed by atoms with E-state index in [-0.39, 0.29) is 17.4 Å². The van der Waals surface area contributed by atoms with Crippen LogP contribution < -0.4 is 11.1 Å². The van der Waals surface area contributed by atoms with Gasteiger partial charge in [-0.25, -0.2) is 0 Å². The molecule has 0 spiro atoms. The summed E-state index contributed by atoms with van der Waals surface area (Å²) in [4.78, 5) is 26.6. The fraction of sp³-hybridized carbons (Fsp3) is 0.154. The molecule has 1 amide bonds. The molecule has 0 fully saturated rings. The van der Waals surface area contributed by atoms with Crippen molar-refractivity contribution in [2.45, 2.75) is 27.2 Å². The molecule has 4 rings (SSSR count). The average Bonchev–Trinajstić information content (AvgIpc) is 3.07. The lowest BCUT2D eigenvalue weighted by Gasteiger charge is -2.09. The Labute approximate surface area is 181 Å². The summed E-state index contributed by atoms with van der Waals surface area (Å²) in [6, 6.07) is 18.8. The fourth-order valence-corrected chi connectivity index (χ4v) is 3.78. The maximum absolute atomic E-state index is 13.3. The van der Waals surface area contributed by atoms with Crippen LogP contribution in [0.25, 0.3) is 5.52 Å². The lowest BCUT2D eigenvalue weighted by atomic mass is 10.0. The molecule has 2 aromatic carbocycles. The van der Waals surface area contributed by atoms with Crippen molar-refractivity contribution >= 4 is 28.6 Å². The van der Waals surface area contributed by atoms with Gasteiger partial charge >= 0.3 is 0 Å². The van der Waals surface area contributed by atoms with Gasteiger partial charge in [-0.05, 0) is 55.2 Å². The van der Waals surface area contributed by atoms with Crippen molar-refractivity contribution in [1.82, 2.24) is 4.40 Å². The summed E-state index contributed by atoms with van der Waals surface area (Å²) < 4.78 is 1.70. The number of carbonyl (C=O) groups is 2. The molecule has 31 heavy (non-hydrogen) atoms. The first-order chi connectivity index (χ1) is 14.9. The lowest BCUT2D eigenvalue weighted by Crippen LogP contribution is -2.15. The lowest BCUT2D eigenvalue weighted by molar-refractivity contribution is 0.102. The zero-order chi connectivity index (χ0) is 22.1. The van der Waals surface area contributed by atoms with Crippen LogP contribution in [0, 0.1) is 13.8 Å². The van der Waals surface area contributed by atoms with Crippen LogP contribution in [0.3, 0.4) is 0 Å². The summed E-state index contributed by atoms with van der Waals surface area (Å²) in [5, 5.41) is 2.96. The number of hydrogen-bond acceptors (Lipinski definition) is 3. The largest absolute Gasteiger partial charge is 0.396 e. The number of aromatic nitrogens is 1. The number of nitrogens with zero attached hydrogens (tertiary/aromatic N) is 1. The van der Waals surface area contributed by atoms with Crippen LogP contribution in [0.15, 0.2) is 66.9 Å². The van der Waals surface area contributed by atoms with E-state index in [1.807, 2.05) is 56.3 Å². The number of carbonyl (C=O) groups excluding carboxylic acids is 2. The zero-order valence-electron chi connectivity index (χ0n) is 17.9. The summed E-state index contributed by atoms with van der Waals surface area (Å²) in [6.07, 6.45) is 2.65. The molecule has 156 valence electrons. The summed E-state index contributed by atoms with van der Waals surface area (Å²) in [5.41, 5.74) is 12.2. The number of nitrogens with one attached hydrogen (secondary N) is 1. The summed E-state index contributed by atoms with van der Waals surface area (Å²) in [5.74, 6) is -0.553. The highest BCUT2D eigenvalue weighted by atomic mass is 16.2. The Balaban J connectivity index is 1.80. The van der Waals surface area contributed by atoms with Gasteiger partial charge in [-0.1, -0.05) is 49.4 Å². The summed E-state index contributed by atoms with van der Waals surface area (Å²) >= 11 is 0. The molecule has 3 N–H and O–H groups in total. The number of pyridine rings is 1. The monoisotopic (exact) mass is 411 g/mol. The molecule has 0 saturated heterocycles. The van der Waals surface area contributed by atoms with E-state index < -0.39 is 0 Å². The number of anilines is 2. The quantitative estimate of drug-likeness (QED) is 0.444. The molecule has 5 heteroatoms. The number of hydrogen-bond donors (Lipinski definition) is 2. The van der Waals surface area contributed by atoms with Crippen molar-refractivity contribution in [1.29, 1.82) is 0 Å². The van der Waals surface area contributed by atoms with Crippen LogP contribution >= 0.6 is 0 Å². The van der Waals surface area contributed by atoms with Gasteiger partial charge in [0.15, 0.2) is 0 Å². The highest BCUT2D eigenvalue weighted by Gasteiger charge is 2.26. The van der Waals surface area contributed by atoms with Gasteiger partial charge in [0.2, 0.25) is 5.78 Å². The Hall–Kier alpha value is -3.86. The van der Waals surface area contributed by atoms with Gasteiger partial charge in [-0.15, -0.1) is 0 Å². The van der Waals surface area contributed by atoms with Crippen LogP contribution in [0.1, 0.15) is 50.0 Å². The molecule has 4 aromatic rings. The van der Waals surface area contributed by atoms with Gasteiger partial charge in [0.25, 0.3) is 5.91 Å². The van der Waals surface area contributed by atoms with E-state index in [9.17, 15) is 9.59 Å². The van der Waals surface area contributed by atoms with E-state index in [1.165, 1.54) is 0 Å². The number of rotatable bonds is 5. The van der Waals surface area contributed by atoms with Crippen molar-refractivity contribution in [3.8, 4) is 0 Å². The Bertz CT molecular complexity index is 1300. The van der Waals surface area contributed by atoms with Crippen LogP contribution in [-0.4, -0.2) is 16.1 Å². The maximum Gasteiger partial charge on any atom is 0.259 e. The normalized spacial score (nSPS) is 10.9. The number of ketones is 1. The van der Waals surface area contributed by atoms with Gasteiger partial charge in [0, 0.05) is 17.4 Å². The van der Waals surface area contributed by atoms with Crippen molar-refractivity contribution in [3.05, 3.63) is 100 Å². The average molecular weight is 412 g/mol. The Morgan fingerprint density at radius 3 is 2.45 bits per heavy atom. The summed E-state index contributed by atoms with van der Waals surface area (Å²) in [7, 11) is 0. The second-order valence-electron chi connectivity index (χ2n) is 7.75. The molecule has 0 unspecified atom stereocenters. The number of amides is 1. The third-order valence-electron chi connectivity index (χ3n) is 5.59. The summed E-state index contributed by atoms with van der Waals surface area (Å²) in [6.45, 7) is 5.97. The molecule has 0 saturated carbocycles. The third kappa shape index (κ3) is 3.70.